The van der Waals surface area contributed by atoms with Gasteiger partial charge in [0.25, 0.3) is 5.56 Å². The summed E-state index contributed by atoms with van der Waals surface area (Å²) in [4.78, 5) is 31.9. The number of carboxylic acids is 1. The first-order chi connectivity index (χ1) is 9.77. The van der Waals surface area contributed by atoms with Crippen LogP contribution in [0.25, 0.3) is 11.0 Å². The fraction of sp³-hybridized carbons (Fsp3) is 0.400. The Balaban J connectivity index is 2.38. The number of carbonyl (C=O) groups is 1. The number of aromatic nitrogens is 2. The summed E-state index contributed by atoms with van der Waals surface area (Å²) in [5.41, 5.74) is 1.03. The van der Waals surface area contributed by atoms with E-state index in [1.165, 1.54) is 0 Å². The third-order valence-corrected chi connectivity index (χ3v) is 3.29. The van der Waals surface area contributed by atoms with E-state index in [-0.39, 0.29) is 24.2 Å². The standard InChI is InChI=1S/C15H19N3O3/c1-15(2,3)18(9-13(19)20)8-12-14(21)17-11-7-5-4-6-10(11)16-12/h4-7H,8-9H2,1-3H3,(H,17,21)(H,19,20). The molecule has 0 fully saturated rings. The van der Waals surface area contributed by atoms with Crippen LogP contribution in [0.2, 0.25) is 0 Å². The van der Waals surface area contributed by atoms with Crippen LogP contribution in [-0.4, -0.2) is 38.0 Å². The second-order valence-electron chi connectivity index (χ2n) is 5.95. The molecule has 0 aliphatic heterocycles. The van der Waals surface area contributed by atoms with Gasteiger partial charge in [-0.25, -0.2) is 4.98 Å². The summed E-state index contributed by atoms with van der Waals surface area (Å²) < 4.78 is 0. The zero-order valence-electron chi connectivity index (χ0n) is 12.4. The highest BCUT2D eigenvalue weighted by atomic mass is 16.4. The summed E-state index contributed by atoms with van der Waals surface area (Å²) in [5.74, 6) is -0.929. The Morgan fingerprint density at radius 2 is 2.00 bits per heavy atom. The number of nitrogens with zero attached hydrogens (tertiary/aromatic N) is 2. The van der Waals surface area contributed by atoms with E-state index in [0.29, 0.717) is 16.7 Å². The van der Waals surface area contributed by atoms with Crippen LogP contribution in [0.5, 0.6) is 0 Å². The lowest BCUT2D eigenvalue weighted by Gasteiger charge is -2.33. The molecule has 0 atom stereocenters. The number of hydrogen-bond donors (Lipinski definition) is 2. The Hall–Kier alpha value is -2.21. The lowest BCUT2D eigenvalue weighted by molar-refractivity contribution is -0.139. The molecule has 21 heavy (non-hydrogen) atoms. The fourth-order valence-corrected chi connectivity index (χ4v) is 2.05. The summed E-state index contributed by atoms with van der Waals surface area (Å²) in [7, 11) is 0. The molecule has 0 bridgehead atoms. The van der Waals surface area contributed by atoms with Crippen LogP contribution in [0.4, 0.5) is 0 Å². The first kappa shape index (κ1) is 15.2. The quantitative estimate of drug-likeness (QED) is 0.893. The number of aromatic amines is 1. The van der Waals surface area contributed by atoms with Gasteiger partial charge in [-0.3, -0.25) is 14.5 Å². The normalized spacial score (nSPS) is 12.0. The van der Waals surface area contributed by atoms with Gasteiger partial charge in [-0.05, 0) is 32.9 Å². The molecule has 1 aromatic carbocycles. The first-order valence-corrected chi connectivity index (χ1v) is 6.72. The molecule has 0 aliphatic rings. The highest BCUT2D eigenvalue weighted by molar-refractivity contribution is 5.73. The molecule has 0 spiro atoms. The lowest BCUT2D eigenvalue weighted by Crippen LogP contribution is -2.45. The van der Waals surface area contributed by atoms with E-state index in [9.17, 15) is 9.59 Å². The molecule has 0 amide bonds. The first-order valence-electron chi connectivity index (χ1n) is 6.72. The molecule has 2 N–H and O–H groups in total. The van der Waals surface area contributed by atoms with Crippen LogP contribution in [0.3, 0.4) is 0 Å². The van der Waals surface area contributed by atoms with E-state index in [4.69, 9.17) is 5.11 Å². The molecular weight excluding hydrogens is 270 g/mol. The molecule has 0 unspecified atom stereocenters. The third kappa shape index (κ3) is 3.66. The van der Waals surface area contributed by atoms with E-state index < -0.39 is 5.97 Å². The van der Waals surface area contributed by atoms with Crippen molar-refractivity contribution in [3.63, 3.8) is 0 Å². The molecule has 1 aromatic heterocycles. The van der Waals surface area contributed by atoms with Crippen molar-refractivity contribution < 1.29 is 9.90 Å². The van der Waals surface area contributed by atoms with Gasteiger partial charge in [-0.2, -0.15) is 0 Å². The van der Waals surface area contributed by atoms with Crippen molar-refractivity contribution in [1.82, 2.24) is 14.9 Å². The number of hydrogen-bond acceptors (Lipinski definition) is 4. The number of rotatable bonds is 4. The van der Waals surface area contributed by atoms with E-state index in [0.717, 1.165) is 0 Å². The number of carboxylic acid groups (broad SMARTS) is 1. The van der Waals surface area contributed by atoms with Gasteiger partial charge in [-0.15, -0.1) is 0 Å². The van der Waals surface area contributed by atoms with Gasteiger partial charge in [0.15, 0.2) is 0 Å². The maximum absolute atomic E-state index is 12.1. The van der Waals surface area contributed by atoms with E-state index in [2.05, 4.69) is 9.97 Å². The Kier molecular flexibility index (Phi) is 4.09. The topological polar surface area (TPSA) is 86.3 Å². The predicted molar refractivity (Wildman–Crippen MR) is 80.2 cm³/mol. The van der Waals surface area contributed by atoms with Gasteiger partial charge in [0.1, 0.15) is 5.69 Å². The van der Waals surface area contributed by atoms with E-state index in [1.54, 1.807) is 11.0 Å². The Bertz CT molecular complexity index is 716. The zero-order chi connectivity index (χ0) is 15.6. The SMILES string of the molecule is CC(C)(C)N(CC(=O)O)Cc1nc2ccccc2[nH]c1=O. The predicted octanol–water partition coefficient (Wildman–Crippen LogP) is 1.61. The van der Waals surface area contributed by atoms with Crippen LogP contribution in [0.15, 0.2) is 29.1 Å². The zero-order valence-corrected chi connectivity index (χ0v) is 12.4. The van der Waals surface area contributed by atoms with Crippen molar-refractivity contribution in [2.45, 2.75) is 32.9 Å². The summed E-state index contributed by atoms with van der Waals surface area (Å²) >= 11 is 0. The number of aliphatic carboxylic acids is 1. The summed E-state index contributed by atoms with van der Waals surface area (Å²) in [6.07, 6.45) is 0. The monoisotopic (exact) mass is 289 g/mol. The van der Waals surface area contributed by atoms with Crippen LogP contribution in [0, 0.1) is 0 Å². The second kappa shape index (κ2) is 5.65. The molecular formula is C15H19N3O3. The van der Waals surface area contributed by atoms with Crippen molar-refractivity contribution in [3.8, 4) is 0 Å². The van der Waals surface area contributed by atoms with Crippen molar-refractivity contribution in [2.24, 2.45) is 0 Å². The van der Waals surface area contributed by atoms with Gasteiger partial charge in [0.05, 0.1) is 17.6 Å². The molecule has 0 aliphatic carbocycles. The van der Waals surface area contributed by atoms with Crippen molar-refractivity contribution in [3.05, 3.63) is 40.3 Å². The van der Waals surface area contributed by atoms with Crippen molar-refractivity contribution in [2.75, 3.05) is 6.54 Å². The minimum atomic E-state index is -0.929. The minimum absolute atomic E-state index is 0.141. The van der Waals surface area contributed by atoms with Crippen LogP contribution in [-0.2, 0) is 11.3 Å². The highest BCUT2D eigenvalue weighted by Gasteiger charge is 2.25. The van der Waals surface area contributed by atoms with Crippen molar-refractivity contribution >= 4 is 17.0 Å². The summed E-state index contributed by atoms with van der Waals surface area (Å²) in [6.45, 7) is 5.77. The molecule has 2 rings (SSSR count). The fourth-order valence-electron chi connectivity index (χ4n) is 2.05. The van der Waals surface area contributed by atoms with Crippen LogP contribution < -0.4 is 5.56 Å². The second-order valence-corrected chi connectivity index (χ2v) is 5.95. The third-order valence-electron chi connectivity index (χ3n) is 3.29. The van der Waals surface area contributed by atoms with E-state index >= 15 is 0 Å². The van der Waals surface area contributed by atoms with Gasteiger partial charge in [-0.1, -0.05) is 12.1 Å². The molecule has 0 radical (unpaired) electrons. The molecule has 1 heterocycles. The number of para-hydroxylation sites is 2. The molecule has 0 saturated heterocycles. The number of benzene rings is 1. The molecule has 112 valence electrons. The molecule has 6 heteroatoms. The maximum atomic E-state index is 12.1. The largest absolute Gasteiger partial charge is 0.480 e. The van der Waals surface area contributed by atoms with Crippen LogP contribution >= 0.6 is 0 Å². The number of H-pyrrole nitrogens is 1. The molecule has 6 nitrogen and oxygen atoms in total. The van der Waals surface area contributed by atoms with Crippen LogP contribution in [0.1, 0.15) is 26.5 Å². The lowest BCUT2D eigenvalue weighted by atomic mass is 10.1. The average Bonchev–Trinajstić information content (AvgIpc) is 2.37. The smallest absolute Gasteiger partial charge is 0.317 e. The summed E-state index contributed by atoms with van der Waals surface area (Å²) in [6, 6.07) is 7.27. The van der Waals surface area contributed by atoms with E-state index in [1.807, 2.05) is 39.0 Å². The summed E-state index contributed by atoms with van der Waals surface area (Å²) in [5, 5.41) is 9.02. The van der Waals surface area contributed by atoms with Gasteiger partial charge < -0.3 is 10.1 Å². The minimum Gasteiger partial charge on any atom is -0.480 e. The molecule has 0 saturated carbocycles. The Morgan fingerprint density at radius 1 is 1.33 bits per heavy atom. The number of nitrogens with one attached hydrogen (secondary N) is 1. The highest BCUT2D eigenvalue weighted by Crippen LogP contribution is 2.16. The molecule has 2 aromatic rings. The van der Waals surface area contributed by atoms with Gasteiger partial charge in [0, 0.05) is 12.1 Å². The van der Waals surface area contributed by atoms with Crippen molar-refractivity contribution in [1.29, 1.82) is 0 Å². The Morgan fingerprint density at radius 3 is 2.62 bits per heavy atom. The maximum Gasteiger partial charge on any atom is 0.317 e. The average molecular weight is 289 g/mol. The Labute approximate surface area is 122 Å². The van der Waals surface area contributed by atoms with Gasteiger partial charge in [0.2, 0.25) is 0 Å². The number of fused-ring (bicyclic) bond motifs is 1. The van der Waals surface area contributed by atoms with Gasteiger partial charge >= 0.3 is 5.97 Å².